The molecular formula is C27H26FN3O3. The maximum Gasteiger partial charge on any atom is 0.165 e. The highest BCUT2D eigenvalue weighted by Crippen LogP contribution is 2.39. The number of carbonyl (C=O) groups excluding carboxylic acids is 1. The maximum atomic E-state index is 14.6. The van der Waals surface area contributed by atoms with Crippen LogP contribution in [0, 0.1) is 17.7 Å². The molecule has 34 heavy (non-hydrogen) atoms. The van der Waals surface area contributed by atoms with Gasteiger partial charge in [-0.2, -0.15) is 0 Å². The zero-order valence-corrected chi connectivity index (χ0v) is 18.8. The van der Waals surface area contributed by atoms with Crippen LogP contribution in [-0.2, 0) is 17.8 Å². The molecule has 2 heterocycles. The number of aldehydes is 1. The molecular weight excluding hydrogens is 433 g/mol. The van der Waals surface area contributed by atoms with Gasteiger partial charge in [-0.25, -0.2) is 14.9 Å². The first-order valence-corrected chi connectivity index (χ1v) is 11.1. The SMILES string of the molecule is CNO.O=CC1CC1Cc1ccc(OCc2cc(-c3cccnc3)nc3ccccc23)c(F)c1. The van der Waals surface area contributed by atoms with Crippen molar-refractivity contribution < 1.29 is 19.1 Å². The predicted molar refractivity (Wildman–Crippen MR) is 128 cm³/mol. The molecule has 4 aromatic rings. The Balaban J connectivity index is 0.000000868. The molecule has 2 aromatic carbocycles. The summed E-state index contributed by atoms with van der Waals surface area (Å²) < 4.78 is 20.5. The minimum atomic E-state index is -0.383. The van der Waals surface area contributed by atoms with Crippen molar-refractivity contribution in [2.24, 2.45) is 11.8 Å². The Labute approximate surface area is 197 Å². The lowest BCUT2D eigenvalue weighted by Crippen LogP contribution is -2.01. The molecule has 5 rings (SSSR count). The van der Waals surface area contributed by atoms with Crippen LogP contribution in [0.4, 0.5) is 4.39 Å². The van der Waals surface area contributed by atoms with Crippen molar-refractivity contribution in [3.8, 4) is 17.0 Å². The number of carbonyl (C=O) groups is 1. The van der Waals surface area contributed by atoms with E-state index in [0.717, 1.165) is 52.4 Å². The van der Waals surface area contributed by atoms with Crippen LogP contribution in [0.15, 0.2) is 73.1 Å². The Morgan fingerprint density at radius 3 is 2.71 bits per heavy atom. The van der Waals surface area contributed by atoms with E-state index in [1.54, 1.807) is 23.9 Å². The second-order valence-corrected chi connectivity index (χ2v) is 8.20. The van der Waals surface area contributed by atoms with Crippen LogP contribution < -0.4 is 10.2 Å². The van der Waals surface area contributed by atoms with Crippen molar-refractivity contribution in [3.05, 3.63) is 90.0 Å². The van der Waals surface area contributed by atoms with Crippen LogP contribution >= 0.6 is 0 Å². The van der Waals surface area contributed by atoms with E-state index >= 15 is 0 Å². The number of benzene rings is 2. The molecule has 0 aliphatic heterocycles. The molecule has 0 radical (unpaired) electrons. The second-order valence-electron chi connectivity index (χ2n) is 8.20. The second kappa shape index (κ2) is 11.0. The average Bonchev–Trinajstić information content (AvgIpc) is 3.62. The number of nitrogens with one attached hydrogen (secondary N) is 1. The molecule has 2 aromatic heterocycles. The summed E-state index contributed by atoms with van der Waals surface area (Å²) in [5.74, 6) is 0.313. The molecule has 7 heteroatoms. The molecule has 2 unspecified atom stereocenters. The zero-order chi connectivity index (χ0) is 23.9. The fourth-order valence-corrected chi connectivity index (χ4v) is 3.95. The van der Waals surface area contributed by atoms with Crippen molar-refractivity contribution in [3.63, 3.8) is 0 Å². The van der Waals surface area contributed by atoms with E-state index in [-0.39, 0.29) is 24.1 Å². The Morgan fingerprint density at radius 2 is 2.00 bits per heavy atom. The number of nitrogens with zero attached hydrogens (tertiary/aromatic N) is 2. The number of hydroxylamine groups is 1. The third-order valence-corrected chi connectivity index (χ3v) is 5.79. The molecule has 1 fully saturated rings. The third kappa shape index (κ3) is 5.62. The van der Waals surface area contributed by atoms with Gasteiger partial charge in [0, 0.05) is 41.9 Å². The maximum absolute atomic E-state index is 14.6. The van der Waals surface area contributed by atoms with Crippen LogP contribution in [0.1, 0.15) is 17.5 Å². The van der Waals surface area contributed by atoms with E-state index in [0.29, 0.717) is 5.92 Å². The van der Waals surface area contributed by atoms with Gasteiger partial charge in [0.25, 0.3) is 0 Å². The summed E-state index contributed by atoms with van der Waals surface area (Å²) >= 11 is 0. The first-order chi connectivity index (χ1) is 16.6. The van der Waals surface area contributed by atoms with Crippen LogP contribution in [0.5, 0.6) is 5.75 Å². The summed E-state index contributed by atoms with van der Waals surface area (Å²) in [5, 5.41) is 8.29. The van der Waals surface area contributed by atoms with Gasteiger partial charge in [-0.15, -0.1) is 0 Å². The van der Waals surface area contributed by atoms with Crippen molar-refractivity contribution in [2.75, 3.05) is 7.05 Å². The number of hydrogen-bond donors (Lipinski definition) is 2. The summed E-state index contributed by atoms with van der Waals surface area (Å²) in [6.45, 7) is 0.225. The normalized spacial score (nSPS) is 16.4. The zero-order valence-electron chi connectivity index (χ0n) is 18.8. The quantitative estimate of drug-likeness (QED) is 0.299. The smallest absolute Gasteiger partial charge is 0.165 e. The largest absolute Gasteiger partial charge is 0.486 e. The summed E-state index contributed by atoms with van der Waals surface area (Å²) in [6.07, 6.45) is 6.12. The minimum absolute atomic E-state index is 0.132. The van der Waals surface area contributed by atoms with E-state index in [1.165, 1.54) is 13.1 Å². The number of para-hydroxylation sites is 1. The monoisotopic (exact) mass is 459 g/mol. The van der Waals surface area contributed by atoms with Gasteiger partial charge in [0.05, 0.1) is 11.2 Å². The summed E-state index contributed by atoms with van der Waals surface area (Å²) in [7, 11) is 1.43. The fraction of sp³-hybridized carbons (Fsp3) is 0.222. The van der Waals surface area contributed by atoms with Crippen LogP contribution in [0.25, 0.3) is 22.2 Å². The van der Waals surface area contributed by atoms with Crippen LogP contribution in [0.2, 0.25) is 0 Å². The van der Waals surface area contributed by atoms with Crippen molar-refractivity contribution in [1.29, 1.82) is 0 Å². The average molecular weight is 460 g/mol. The highest BCUT2D eigenvalue weighted by atomic mass is 19.1. The Morgan fingerprint density at radius 1 is 1.18 bits per heavy atom. The van der Waals surface area contributed by atoms with Crippen LogP contribution in [-0.4, -0.2) is 28.5 Å². The molecule has 0 saturated heterocycles. The van der Waals surface area contributed by atoms with Gasteiger partial charge >= 0.3 is 0 Å². The summed E-state index contributed by atoms with van der Waals surface area (Å²) in [4.78, 5) is 19.7. The lowest BCUT2D eigenvalue weighted by molar-refractivity contribution is -0.109. The fourth-order valence-electron chi connectivity index (χ4n) is 3.95. The highest BCUT2D eigenvalue weighted by Gasteiger charge is 2.36. The van der Waals surface area contributed by atoms with Gasteiger partial charge in [-0.05, 0) is 60.7 Å². The van der Waals surface area contributed by atoms with Gasteiger partial charge in [-0.1, -0.05) is 24.3 Å². The molecule has 0 spiro atoms. The van der Waals surface area contributed by atoms with Gasteiger partial charge in [0.2, 0.25) is 0 Å². The standard InChI is InChI=1S/C26H21FN2O2.CH5NO/c27-23-11-17(10-19-12-20(19)15-30)7-8-26(23)31-16-21-13-25(18-4-3-9-28-14-18)29-24-6-2-1-5-22(21)24;1-2-3/h1-9,11,13-15,19-20H,10,12,16H2;2-3H,1H3. The molecule has 1 aliphatic rings. The van der Waals surface area contributed by atoms with E-state index in [9.17, 15) is 9.18 Å². The van der Waals surface area contributed by atoms with Crippen LogP contribution in [0.3, 0.4) is 0 Å². The number of pyridine rings is 2. The van der Waals surface area contributed by atoms with E-state index in [4.69, 9.17) is 14.9 Å². The number of aromatic nitrogens is 2. The lowest BCUT2D eigenvalue weighted by Gasteiger charge is -2.12. The van der Waals surface area contributed by atoms with Gasteiger partial charge in [-0.3, -0.25) is 4.98 Å². The summed E-state index contributed by atoms with van der Waals surface area (Å²) in [6, 6.07) is 18.7. The molecule has 1 saturated carbocycles. The molecule has 2 atom stereocenters. The van der Waals surface area contributed by atoms with E-state index in [1.807, 2.05) is 48.5 Å². The van der Waals surface area contributed by atoms with Gasteiger partial charge < -0.3 is 14.7 Å². The number of ether oxygens (including phenoxy) is 1. The molecule has 0 amide bonds. The third-order valence-electron chi connectivity index (χ3n) is 5.79. The van der Waals surface area contributed by atoms with Crippen molar-refractivity contribution in [2.45, 2.75) is 19.4 Å². The van der Waals surface area contributed by atoms with Crippen molar-refractivity contribution >= 4 is 17.2 Å². The Kier molecular flexibility index (Phi) is 7.57. The first kappa shape index (κ1) is 23.5. The molecule has 1 aliphatic carbocycles. The first-order valence-electron chi connectivity index (χ1n) is 11.1. The number of fused-ring (bicyclic) bond motifs is 1. The lowest BCUT2D eigenvalue weighted by atomic mass is 10.1. The molecule has 174 valence electrons. The van der Waals surface area contributed by atoms with Gasteiger partial charge in [0.1, 0.15) is 12.9 Å². The van der Waals surface area contributed by atoms with Gasteiger partial charge in [0.15, 0.2) is 11.6 Å². The Hall–Kier alpha value is -3.68. The van der Waals surface area contributed by atoms with Crippen molar-refractivity contribution in [1.82, 2.24) is 15.4 Å². The molecule has 6 nitrogen and oxygen atoms in total. The van der Waals surface area contributed by atoms with E-state index < -0.39 is 0 Å². The predicted octanol–water partition coefficient (Wildman–Crippen LogP) is 4.99. The number of halogens is 1. The highest BCUT2D eigenvalue weighted by molar-refractivity contribution is 5.85. The minimum Gasteiger partial charge on any atom is -0.486 e. The summed E-state index contributed by atoms with van der Waals surface area (Å²) in [5.41, 5.74) is 6.15. The molecule has 0 bridgehead atoms. The topological polar surface area (TPSA) is 84.3 Å². The number of hydrogen-bond acceptors (Lipinski definition) is 6. The number of rotatable bonds is 7. The Bertz CT molecular complexity index is 1270. The molecule has 2 N–H and O–H groups in total. The van der Waals surface area contributed by atoms with E-state index in [2.05, 4.69) is 4.98 Å².